The van der Waals surface area contributed by atoms with E-state index in [1.165, 1.54) is 0 Å². The monoisotopic (exact) mass is 248 g/mol. The Morgan fingerprint density at radius 3 is 3.22 bits per heavy atom. The van der Waals surface area contributed by atoms with Crippen LogP contribution in [0.15, 0.2) is 24.4 Å². The van der Waals surface area contributed by atoms with Gasteiger partial charge in [-0.2, -0.15) is 0 Å². The maximum Gasteiger partial charge on any atom is 0.0847 e. The van der Waals surface area contributed by atoms with Gasteiger partial charge in [0.15, 0.2) is 0 Å². The zero-order chi connectivity index (χ0) is 12.4. The molecular weight excluding hydrogens is 228 g/mol. The lowest BCUT2D eigenvalue weighted by Gasteiger charge is -2.23. The van der Waals surface area contributed by atoms with Gasteiger partial charge in [0, 0.05) is 39.4 Å². The number of methoxy groups -OCH3 is 1. The second-order valence-electron chi connectivity index (χ2n) is 5.34. The average molecular weight is 248 g/mol. The van der Waals surface area contributed by atoms with E-state index in [9.17, 15) is 0 Å². The summed E-state index contributed by atoms with van der Waals surface area (Å²) < 4.78 is 11.4. The summed E-state index contributed by atoms with van der Waals surface area (Å²) in [5.74, 6) is 0. The number of pyridine rings is 1. The van der Waals surface area contributed by atoms with Crippen molar-refractivity contribution < 1.29 is 9.47 Å². The molecule has 18 heavy (non-hydrogen) atoms. The van der Waals surface area contributed by atoms with Gasteiger partial charge in [-0.1, -0.05) is 6.07 Å². The molecule has 2 aliphatic heterocycles. The summed E-state index contributed by atoms with van der Waals surface area (Å²) in [5.41, 5.74) is 1.17. The first kappa shape index (κ1) is 12.1. The molecule has 2 fully saturated rings. The van der Waals surface area contributed by atoms with E-state index in [1.807, 2.05) is 18.3 Å². The number of ether oxygens (including phenoxy) is 2. The molecule has 0 radical (unpaired) electrons. The molecule has 1 aromatic rings. The van der Waals surface area contributed by atoms with Crippen LogP contribution in [0.3, 0.4) is 0 Å². The first-order chi connectivity index (χ1) is 8.80. The molecule has 0 aliphatic carbocycles. The maximum absolute atomic E-state index is 5.99. The number of aromatic nitrogens is 1. The van der Waals surface area contributed by atoms with Crippen molar-refractivity contribution in [3.8, 4) is 0 Å². The van der Waals surface area contributed by atoms with E-state index in [0.29, 0.717) is 0 Å². The Hall–Kier alpha value is -0.970. The maximum atomic E-state index is 5.99. The van der Waals surface area contributed by atoms with E-state index in [1.54, 1.807) is 7.11 Å². The quantitative estimate of drug-likeness (QED) is 0.811. The van der Waals surface area contributed by atoms with Gasteiger partial charge in [-0.25, -0.2) is 0 Å². The number of hydrogen-bond donors (Lipinski definition) is 0. The Morgan fingerprint density at radius 2 is 2.50 bits per heavy atom. The van der Waals surface area contributed by atoms with Crippen LogP contribution in [0.1, 0.15) is 18.5 Å². The summed E-state index contributed by atoms with van der Waals surface area (Å²) in [6, 6.07) is 6.08. The van der Waals surface area contributed by atoms with E-state index < -0.39 is 0 Å². The second-order valence-corrected chi connectivity index (χ2v) is 5.34. The highest BCUT2D eigenvalue weighted by atomic mass is 16.6. The zero-order valence-corrected chi connectivity index (χ0v) is 10.8. The average Bonchev–Trinajstić information content (AvgIpc) is 2.99. The van der Waals surface area contributed by atoms with Crippen molar-refractivity contribution in [2.45, 2.75) is 31.1 Å². The molecule has 0 N–H and O–H groups in total. The fourth-order valence-corrected chi connectivity index (χ4v) is 3.02. The van der Waals surface area contributed by atoms with Crippen LogP contribution in [0.2, 0.25) is 0 Å². The van der Waals surface area contributed by atoms with Crippen molar-refractivity contribution >= 4 is 0 Å². The van der Waals surface area contributed by atoms with Gasteiger partial charge in [-0.3, -0.25) is 9.88 Å². The van der Waals surface area contributed by atoms with E-state index >= 15 is 0 Å². The van der Waals surface area contributed by atoms with E-state index in [0.717, 1.165) is 44.8 Å². The third-order valence-electron chi connectivity index (χ3n) is 4.02. The number of nitrogens with zero attached hydrogens (tertiary/aromatic N) is 2. The molecule has 98 valence electrons. The standard InChI is InChI=1S/C14H20N2O2/c1-17-13-8-14(18-10-13)5-7-16(11-14)9-12-4-2-3-6-15-12/h2-4,6,13H,5,7-11H2,1H3/t13-,14-/m0/s1. The van der Waals surface area contributed by atoms with E-state index in [2.05, 4.69) is 16.0 Å². The van der Waals surface area contributed by atoms with Crippen molar-refractivity contribution in [3.05, 3.63) is 30.1 Å². The van der Waals surface area contributed by atoms with Crippen LogP contribution < -0.4 is 0 Å². The highest BCUT2D eigenvalue weighted by molar-refractivity contribution is 5.05. The van der Waals surface area contributed by atoms with Crippen LogP contribution >= 0.6 is 0 Å². The van der Waals surface area contributed by atoms with Gasteiger partial charge in [-0.15, -0.1) is 0 Å². The molecule has 4 heteroatoms. The fourth-order valence-electron chi connectivity index (χ4n) is 3.02. The van der Waals surface area contributed by atoms with Crippen LogP contribution in [0.5, 0.6) is 0 Å². The minimum atomic E-state index is 0.0372. The van der Waals surface area contributed by atoms with Crippen molar-refractivity contribution in [2.24, 2.45) is 0 Å². The van der Waals surface area contributed by atoms with Crippen molar-refractivity contribution in [3.63, 3.8) is 0 Å². The lowest BCUT2D eigenvalue weighted by atomic mass is 9.98. The van der Waals surface area contributed by atoms with Gasteiger partial charge >= 0.3 is 0 Å². The summed E-state index contributed by atoms with van der Waals surface area (Å²) in [5, 5.41) is 0. The van der Waals surface area contributed by atoms with Crippen LogP contribution in [0.25, 0.3) is 0 Å². The van der Waals surface area contributed by atoms with Crippen molar-refractivity contribution in [2.75, 3.05) is 26.8 Å². The van der Waals surface area contributed by atoms with Crippen LogP contribution in [-0.2, 0) is 16.0 Å². The Morgan fingerprint density at radius 1 is 1.56 bits per heavy atom. The van der Waals surface area contributed by atoms with Gasteiger partial charge in [0.2, 0.25) is 0 Å². The summed E-state index contributed by atoms with van der Waals surface area (Å²) in [6.07, 6.45) is 4.27. The highest BCUT2D eigenvalue weighted by Crippen LogP contribution is 2.36. The second kappa shape index (κ2) is 4.96. The smallest absolute Gasteiger partial charge is 0.0847 e. The molecule has 0 amide bonds. The first-order valence-electron chi connectivity index (χ1n) is 6.59. The summed E-state index contributed by atoms with van der Waals surface area (Å²) in [7, 11) is 1.77. The third-order valence-corrected chi connectivity index (χ3v) is 4.02. The molecule has 4 nitrogen and oxygen atoms in total. The largest absolute Gasteiger partial charge is 0.379 e. The Labute approximate surface area is 108 Å². The van der Waals surface area contributed by atoms with Crippen molar-refractivity contribution in [1.29, 1.82) is 0 Å². The minimum absolute atomic E-state index is 0.0372. The van der Waals surface area contributed by atoms with Gasteiger partial charge < -0.3 is 9.47 Å². The first-order valence-corrected chi connectivity index (χ1v) is 6.59. The topological polar surface area (TPSA) is 34.6 Å². The molecule has 2 atom stereocenters. The number of rotatable bonds is 3. The fraction of sp³-hybridized carbons (Fsp3) is 0.643. The molecule has 2 saturated heterocycles. The van der Waals surface area contributed by atoms with Gasteiger partial charge in [0.05, 0.1) is 24.0 Å². The van der Waals surface area contributed by atoms with E-state index in [-0.39, 0.29) is 11.7 Å². The van der Waals surface area contributed by atoms with Gasteiger partial charge in [0.1, 0.15) is 0 Å². The molecule has 0 saturated carbocycles. The molecule has 0 aromatic carbocycles. The van der Waals surface area contributed by atoms with Crippen LogP contribution in [-0.4, -0.2) is 48.4 Å². The van der Waals surface area contributed by atoms with Gasteiger partial charge in [-0.05, 0) is 18.6 Å². The molecule has 1 aromatic heterocycles. The summed E-state index contributed by atoms with van der Waals surface area (Å²) in [6.45, 7) is 3.76. The van der Waals surface area contributed by atoms with Gasteiger partial charge in [0.25, 0.3) is 0 Å². The van der Waals surface area contributed by atoms with E-state index in [4.69, 9.17) is 9.47 Å². The highest BCUT2D eigenvalue weighted by Gasteiger charge is 2.45. The molecule has 3 heterocycles. The lowest BCUT2D eigenvalue weighted by Crippen LogP contribution is -2.33. The van der Waals surface area contributed by atoms with Crippen molar-refractivity contribution in [1.82, 2.24) is 9.88 Å². The molecular formula is C14H20N2O2. The normalized spacial score (nSPS) is 32.4. The number of likely N-dealkylation sites (tertiary alicyclic amines) is 1. The Bertz CT molecular complexity index is 398. The molecule has 2 aliphatic rings. The molecule has 1 spiro atoms. The SMILES string of the molecule is CO[C@@H]1CO[C@@]2(CCN(Cc3ccccn3)C2)C1. The predicted molar refractivity (Wildman–Crippen MR) is 68.2 cm³/mol. The number of hydrogen-bond acceptors (Lipinski definition) is 4. The Balaban J connectivity index is 1.59. The Kier molecular flexibility index (Phi) is 3.33. The minimum Gasteiger partial charge on any atom is -0.379 e. The molecule has 0 unspecified atom stereocenters. The predicted octanol–water partition coefficient (Wildman–Crippen LogP) is 1.46. The summed E-state index contributed by atoms with van der Waals surface area (Å²) in [4.78, 5) is 6.81. The summed E-state index contributed by atoms with van der Waals surface area (Å²) >= 11 is 0. The zero-order valence-electron chi connectivity index (χ0n) is 10.8. The lowest BCUT2D eigenvalue weighted by molar-refractivity contribution is 0.00627. The van der Waals surface area contributed by atoms with Crippen LogP contribution in [0, 0.1) is 0 Å². The van der Waals surface area contributed by atoms with Crippen LogP contribution in [0.4, 0.5) is 0 Å². The molecule has 3 rings (SSSR count). The molecule has 0 bridgehead atoms. The third kappa shape index (κ3) is 2.41.